The fraction of sp³-hybridized carbons (Fsp3) is 0.167. The van der Waals surface area contributed by atoms with Crippen molar-refractivity contribution in [2.24, 2.45) is 0 Å². The monoisotopic (exact) mass is 157 g/mol. The Labute approximate surface area is 74.3 Å². The highest BCUT2D eigenvalue weighted by atomic mass is 13.8. The van der Waals surface area contributed by atoms with E-state index in [0.717, 1.165) is 12.8 Å². The maximum Gasteiger partial charge on any atom is -0.0160 e. The van der Waals surface area contributed by atoms with Gasteiger partial charge in [-0.2, -0.15) is 0 Å². The van der Waals surface area contributed by atoms with E-state index in [4.69, 9.17) is 0 Å². The summed E-state index contributed by atoms with van der Waals surface area (Å²) in [4.78, 5) is 0. The van der Waals surface area contributed by atoms with Crippen LogP contribution in [0, 0.1) is 6.08 Å². The number of rotatable bonds is 0. The first kappa shape index (κ1) is 8.79. The SMILES string of the molecule is [C]1=CCC=CCC=CC=CC=C1. The van der Waals surface area contributed by atoms with E-state index in [1.165, 1.54) is 0 Å². The third-order valence-electron chi connectivity index (χ3n) is 1.47. The van der Waals surface area contributed by atoms with Gasteiger partial charge in [0.1, 0.15) is 0 Å². The molecule has 0 amide bonds. The highest BCUT2D eigenvalue weighted by molar-refractivity contribution is 5.14. The van der Waals surface area contributed by atoms with Crippen LogP contribution in [0.5, 0.6) is 0 Å². The second kappa shape index (κ2) is 6.41. The molecule has 1 radical (unpaired) electrons. The largest absolute Gasteiger partial charge is 0.0844 e. The van der Waals surface area contributed by atoms with Gasteiger partial charge in [-0.3, -0.25) is 0 Å². The van der Waals surface area contributed by atoms with E-state index in [-0.39, 0.29) is 0 Å². The maximum atomic E-state index is 3.07. The molecule has 1 rings (SSSR count). The maximum absolute atomic E-state index is 3.07. The quantitative estimate of drug-likeness (QED) is 0.473. The molecule has 0 spiro atoms. The van der Waals surface area contributed by atoms with Gasteiger partial charge in [-0.15, -0.1) is 0 Å². The summed E-state index contributed by atoms with van der Waals surface area (Å²) in [6.07, 6.45) is 23.5. The van der Waals surface area contributed by atoms with Crippen molar-refractivity contribution in [3.05, 3.63) is 60.8 Å². The second-order valence-corrected chi connectivity index (χ2v) is 2.49. The molecule has 0 saturated carbocycles. The van der Waals surface area contributed by atoms with Crippen LogP contribution in [-0.4, -0.2) is 0 Å². The Bertz CT molecular complexity index is 211. The van der Waals surface area contributed by atoms with Crippen molar-refractivity contribution in [1.29, 1.82) is 0 Å². The molecule has 0 bridgehead atoms. The van der Waals surface area contributed by atoms with E-state index >= 15 is 0 Å². The molecule has 12 heavy (non-hydrogen) atoms. The molecule has 0 aromatic carbocycles. The first-order valence-electron chi connectivity index (χ1n) is 4.21. The summed E-state index contributed by atoms with van der Waals surface area (Å²) in [5.74, 6) is 0. The second-order valence-electron chi connectivity index (χ2n) is 2.49. The molecule has 0 nitrogen and oxygen atoms in total. The summed E-state index contributed by atoms with van der Waals surface area (Å²) in [6.45, 7) is 0. The topological polar surface area (TPSA) is 0 Å². The minimum Gasteiger partial charge on any atom is -0.0844 e. The fourth-order valence-electron chi connectivity index (χ4n) is 0.872. The van der Waals surface area contributed by atoms with Crippen LogP contribution in [0.25, 0.3) is 0 Å². The van der Waals surface area contributed by atoms with Gasteiger partial charge in [0.25, 0.3) is 0 Å². The molecule has 0 heteroatoms. The normalized spacial score (nSPS) is 17.3. The zero-order valence-corrected chi connectivity index (χ0v) is 7.11. The summed E-state index contributed by atoms with van der Waals surface area (Å²) >= 11 is 0. The molecular weight excluding hydrogens is 144 g/mol. The lowest BCUT2D eigenvalue weighted by molar-refractivity contribution is 1.30. The van der Waals surface area contributed by atoms with Gasteiger partial charge in [0.15, 0.2) is 0 Å². The van der Waals surface area contributed by atoms with Crippen molar-refractivity contribution < 1.29 is 0 Å². The van der Waals surface area contributed by atoms with Gasteiger partial charge >= 0.3 is 0 Å². The molecule has 61 valence electrons. The molecule has 0 saturated heterocycles. The third kappa shape index (κ3) is 4.51. The first-order chi connectivity index (χ1) is 6.00. The van der Waals surface area contributed by atoms with Gasteiger partial charge in [-0.05, 0) is 18.9 Å². The van der Waals surface area contributed by atoms with Gasteiger partial charge in [-0.25, -0.2) is 0 Å². The average Bonchev–Trinajstić information content (AvgIpc) is 2.05. The van der Waals surface area contributed by atoms with E-state index in [9.17, 15) is 0 Å². The fourth-order valence-corrected chi connectivity index (χ4v) is 0.872. The van der Waals surface area contributed by atoms with E-state index in [0.29, 0.717) is 0 Å². The van der Waals surface area contributed by atoms with E-state index in [1.807, 2.05) is 30.4 Å². The molecular formula is C12H13. The highest BCUT2D eigenvalue weighted by Crippen LogP contribution is 1.93. The van der Waals surface area contributed by atoms with Crippen molar-refractivity contribution in [2.45, 2.75) is 12.8 Å². The van der Waals surface area contributed by atoms with Crippen LogP contribution in [-0.2, 0) is 0 Å². The number of hydrogen-bond donors (Lipinski definition) is 0. The highest BCUT2D eigenvalue weighted by Gasteiger charge is 1.72. The van der Waals surface area contributed by atoms with Gasteiger partial charge in [0.2, 0.25) is 0 Å². The van der Waals surface area contributed by atoms with Crippen LogP contribution in [0.3, 0.4) is 0 Å². The Morgan fingerprint density at radius 1 is 0.750 bits per heavy atom. The molecule has 0 unspecified atom stereocenters. The molecule has 0 aromatic rings. The summed E-state index contributed by atoms with van der Waals surface area (Å²) in [5.41, 5.74) is 0. The van der Waals surface area contributed by atoms with Gasteiger partial charge in [0, 0.05) is 0 Å². The zero-order valence-electron chi connectivity index (χ0n) is 7.11. The molecule has 0 atom stereocenters. The van der Waals surface area contributed by atoms with Crippen LogP contribution >= 0.6 is 0 Å². The van der Waals surface area contributed by atoms with Gasteiger partial charge < -0.3 is 0 Å². The van der Waals surface area contributed by atoms with Crippen LogP contribution in [0.4, 0.5) is 0 Å². The molecule has 1 aliphatic rings. The van der Waals surface area contributed by atoms with Crippen molar-refractivity contribution >= 4 is 0 Å². The van der Waals surface area contributed by atoms with Crippen LogP contribution in [0.15, 0.2) is 54.7 Å². The minimum absolute atomic E-state index is 0.974. The Morgan fingerprint density at radius 3 is 2.58 bits per heavy atom. The van der Waals surface area contributed by atoms with Crippen molar-refractivity contribution in [1.82, 2.24) is 0 Å². The number of allylic oxidation sites excluding steroid dienone is 10. The number of hydrogen-bond acceptors (Lipinski definition) is 0. The minimum atomic E-state index is 0.974. The predicted octanol–water partition coefficient (Wildman–Crippen LogP) is 3.36. The Hall–Kier alpha value is -1.30. The molecule has 0 aliphatic heterocycles. The molecule has 0 aromatic heterocycles. The predicted molar refractivity (Wildman–Crippen MR) is 53.6 cm³/mol. The Kier molecular flexibility index (Phi) is 4.70. The van der Waals surface area contributed by atoms with Crippen LogP contribution in [0.2, 0.25) is 0 Å². The van der Waals surface area contributed by atoms with Crippen LogP contribution < -0.4 is 0 Å². The van der Waals surface area contributed by atoms with Gasteiger partial charge in [0.05, 0.1) is 0 Å². The third-order valence-corrected chi connectivity index (χ3v) is 1.47. The Balaban J connectivity index is 2.55. The Morgan fingerprint density at radius 2 is 1.58 bits per heavy atom. The van der Waals surface area contributed by atoms with Crippen LogP contribution in [0.1, 0.15) is 12.8 Å². The van der Waals surface area contributed by atoms with Gasteiger partial charge in [-0.1, -0.05) is 54.7 Å². The summed E-state index contributed by atoms with van der Waals surface area (Å²) < 4.78 is 0. The van der Waals surface area contributed by atoms with Crippen molar-refractivity contribution in [3.63, 3.8) is 0 Å². The first-order valence-corrected chi connectivity index (χ1v) is 4.21. The summed E-state index contributed by atoms with van der Waals surface area (Å²) in [6, 6.07) is 0. The molecule has 1 aliphatic carbocycles. The van der Waals surface area contributed by atoms with E-state index in [2.05, 4.69) is 30.4 Å². The summed E-state index contributed by atoms with van der Waals surface area (Å²) in [5, 5.41) is 0. The lowest BCUT2D eigenvalue weighted by atomic mass is 10.2. The lowest BCUT2D eigenvalue weighted by Crippen LogP contribution is -1.62. The van der Waals surface area contributed by atoms with E-state index in [1.54, 1.807) is 0 Å². The summed E-state index contributed by atoms with van der Waals surface area (Å²) in [7, 11) is 0. The van der Waals surface area contributed by atoms with Crippen molar-refractivity contribution in [2.75, 3.05) is 0 Å². The van der Waals surface area contributed by atoms with E-state index < -0.39 is 0 Å². The standard InChI is InChI=1S/C12H13/c1-2-4-6-8-10-12-11-9-7-5-3-1/h1-6,9-11H,7,12H2. The molecule has 0 fully saturated rings. The molecule has 0 N–H and O–H groups in total. The van der Waals surface area contributed by atoms with Crippen molar-refractivity contribution in [3.8, 4) is 0 Å². The average molecular weight is 157 g/mol. The lowest BCUT2D eigenvalue weighted by Gasteiger charge is -1.83. The zero-order chi connectivity index (χ0) is 8.49. The molecule has 0 heterocycles. The smallest absolute Gasteiger partial charge is 0.0160 e.